The van der Waals surface area contributed by atoms with E-state index < -0.39 is 0 Å². The monoisotopic (exact) mass is 363 g/mol. The average molecular weight is 363 g/mol. The lowest BCUT2D eigenvalue weighted by Gasteiger charge is -2.28. The second kappa shape index (κ2) is 7.22. The van der Waals surface area contributed by atoms with Crippen LogP contribution in [0, 0.1) is 3.57 Å². The number of nitrogens with one attached hydrogen (secondary N) is 1. The van der Waals surface area contributed by atoms with E-state index in [9.17, 15) is 0 Å². The average Bonchev–Trinajstić information content (AvgIpc) is 2.39. The second-order valence-corrected chi connectivity index (χ2v) is 5.38. The van der Waals surface area contributed by atoms with E-state index in [0.717, 1.165) is 37.8 Å². The van der Waals surface area contributed by atoms with E-state index in [1.165, 1.54) is 3.57 Å². The molecule has 5 nitrogen and oxygen atoms in total. The summed E-state index contributed by atoms with van der Waals surface area (Å²) in [6, 6.07) is 4.16. The van der Waals surface area contributed by atoms with Crippen molar-refractivity contribution in [2.75, 3.05) is 44.4 Å². The van der Waals surface area contributed by atoms with E-state index >= 15 is 0 Å². The summed E-state index contributed by atoms with van der Waals surface area (Å²) in [5.41, 5.74) is 1.01. The molecule has 2 heterocycles. The zero-order valence-electron chi connectivity index (χ0n) is 10.2. The van der Waals surface area contributed by atoms with E-state index in [0.29, 0.717) is 13.1 Å². The van der Waals surface area contributed by atoms with Crippen molar-refractivity contribution >= 4 is 28.4 Å². The standard InChI is InChI=1S/C12H18IN3O2/c13-10-7-11(9-14-1-4-17)15-12(8-10)16-2-5-18-6-3-16/h7-8,14,17H,1-6,9H2. The lowest BCUT2D eigenvalue weighted by atomic mass is 10.3. The summed E-state index contributed by atoms with van der Waals surface area (Å²) in [6.07, 6.45) is 0. The minimum Gasteiger partial charge on any atom is -0.395 e. The van der Waals surface area contributed by atoms with Crippen molar-refractivity contribution in [2.45, 2.75) is 6.54 Å². The van der Waals surface area contributed by atoms with Crippen molar-refractivity contribution in [2.24, 2.45) is 0 Å². The third-order valence-electron chi connectivity index (χ3n) is 2.76. The fraction of sp³-hybridized carbons (Fsp3) is 0.583. The van der Waals surface area contributed by atoms with Gasteiger partial charge in [-0.3, -0.25) is 0 Å². The number of aliphatic hydroxyl groups excluding tert-OH is 1. The Labute approximate surface area is 121 Å². The number of aromatic nitrogens is 1. The van der Waals surface area contributed by atoms with Gasteiger partial charge in [0.1, 0.15) is 5.82 Å². The predicted octanol–water partition coefficient (Wildman–Crippen LogP) is 0.605. The maximum atomic E-state index is 8.75. The number of morpholine rings is 1. The lowest BCUT2D eigenvalue weighted by Crippen LogP contribution is -2.37. The van der Waals surface area contributed by atoms with Crippen LogP contribution in [0.25, 0.3) is 0 Å². The molecule has 2 rings (SSSR count). The number of hydrogen-bond donors (Lipinski definition) is 2. The minimum absolute atomic E-state index is 0.153. The first kappa shape index (κ1) is 14.0. The molecule has 0 unspecified atom stereocenters. The molecule has 0 spiro atoms. The summed E-state index contributed by atoms with van der Waals surface area (Å²) in [7, 11) is 0. The van der Waals surface area contributed by atoms with E-state index in [2.05, 4.69) is 49.9 Å². The first-order chi connectivity index (χ1) is 8.79. The Balaban J connectivity index is 2.05. The fourth-order valence-electron chi connectivity index (χ4n) is 1.88. The smallest absolute Gasteiger partial charge is 0.130 e. The molecule has 1 aliphatic rings. The molecule has 1 fully saturated rings. The molecule has 0 amide bonds. The number of aliphatic hydroxyl groups is 1. The van der Waals surface area contributed by atoms with E-state index in [4.69, 9.17) is 9.84 Å². The zero-order chi connectivity index (χ0) is 12.8. The molecule has 1 saturated heterocycles. The van der Waals surface area contributed by atoms with Crippen molar-refractivity contribution in [1.29, 1.82) is 0 Å². The van der Waals surface area contributed by atoms with Crippen LogP contribution in [0.15, 0.2) is 12.1 Å². The van der Waals surface area contributed by atoms with Crippen LogP contribution in [-0.4, -0.2) is 49.5 Å². The fourth-order valence-corrected chi connectivity index (χ4v) is 2.51. The van der Waals surface area contributed by atoms with Crippen LogP contribution in [0.1, 0.15) is 5.69 Å². The Morgan fingerprint density at radius 2 is 2.17 bits per heavy atom. The quantitative estimate of drug-likeness (QED) is 0.593. The van der Waals surface area contributed by atoms with Gasteiger partial charge >= 0.3 is 0 Å². The molecule has 1 aromatic rings. The first-order valence-corrected chi connectivity index (χ1v) is 7.18. The number of hydrogen-bond acceptors (Lipinski definition) is 5. The molecule has 0 aromatic carbocycles. The van der Waals surface area contributed by atoms with Crippen LogP contribution in [-0.2, 0) is 11.3 Å². The van der Waals surface area contributed by atoms with Crippen molar-refractivity contribution in [1.82, 2.24) is 10.3 Å². The molecular formula is C12H18IN3O2. The van der Waals surface area contributed by atoms with Crippen molar-refractivity contribution in [3.05, 3.63) is 21.4 Å². The van der Waals surface area contributed by atoms with Gasteiger partial charge in [-0.15, -0.1) is 0 Å². The molecular weight excluding hydrogens is 345 g/mol. The van der Waals surface area contributed by atoms with Gasteiger partial charge in [0.2, 0.25) is 0 Å². The summed E-state index contributed by atoms with van der Waals surface area (Å²) in [5, 5.41) is 11.9. The molecule has 100 valence electrons. The van der Waals surface area contributed by atoms with Gasteiger partial charge < -0.3 is 20.1 Å². The highest BCUT2D eigenvalue weighted by Crippen LogP contribution is 2.17. The Hall–Kier alpha value is -0.440. The summed E-state index contributed by atoms with van der Waals surface area (Å²) >= 11 is 2.31. The Bertz CT molecular complexity index is 384. The molecule has 0 radical (unpaired) electrons. The number of rotatable bonds is 5. The van der Waals surface area contributed by atoms with Gasteiger partial charge in [0, 0.05) is 29.7 Å². The molecule has 1 aromatic heterocycles. The topological polar surface area (TPSA) is 57.6 Å². The molecule has 0 saturated carbocycles. The highest BCUT2D eigenvalue weighted by Gasteiger charge is 2.13. The number of anilines is 1. The van der Waals surface area contributed by atoms with E-state index in [1.54, 1.807) is 0 Å². The van der Waals surface area contributed by atoms with Crippen LogP contribution in [0.4, 0.5) is 5.82 Å². The summed E-state index contributed by atoms with van der Waals surface area (Å²) in [6.45, 7) is 4.78. The molecule has 2 N–H and O–H groups in total. The van der Waals surface area contributed by atoms with Gasteiger partial charge in [-0.25, -0.2) is 4.98 Å². The SMILES string of the molecule is OCCNCc1cc(I)cc(N2CCOCC2)n1. The number of halogens is 1. The van der Waals surface area contributed by atoms with Crippen LogP contribution in [0.3, 0.4) is 0 Å². The molecule has 1 aliphatic heterocycles. The summed E-state index contributed by atoms with van der Waals surface area (Å²) in [5.74, 6) is 1.02. The second-order valence-electron chi connectivity index (χ2n) is 4.13. The van der Waals surface area contributed by atoms with Gasteiger partial charge in [-0.1, -0.05) is 0 Å². The van der Waals surface area contributed by atoms with Crippen LogP contribution in [0.5, 0.6) is 0 Å². The van der Waals surface area contributed by atoms with Crippen LogP contribution >= 0.6 is 22.6 Å². The van der Waals surface area contributed by atoms with Crippen molar-refractivity contribution in [3.8, 4) is 0 Å². The van der Waals surface area contributed by atoms with Gasteiger partial charge in [0.05, 0.1) is 25.5 Å². The maximum Gasteiger partial charge on any atom is 0.130 e. The molecule has 0 atom stereocenters. The van der Waals surface area contributed by atoms with Gasteiger partial charge in [0.25, 0.3) is 0 Å². The molecule has 18 heavy (non-hydrogen) atoms. The summed E-state index contributed by atoms with van der Waals surface area (Å²) < 4.78 is 6.53. The van der Waals surface area contributed by atoms with Crippen LogP contribution < -0.4 is 10.2 Å². The molecule has 0 bridgehead atoms. The van der Waals surface area contributed by atoms with Crippen LogP contribution in [0.2, 0.25) is 0 Å². The van der Waals surface area contributed by atoms with Gasteiger partial charge in [-0.05, 0) is 34.7 Å². The third kappa shape index (κ3) is 4.04. The Morgan fingerprint density at radius 1 is 1.39 bits per heavy atom. The Morgan fingerprint density at radius 3 is 2.89 bits per heavy atom. The summed E-state index contributed by atoms with van der Waals surface area (Å²) in [4.78, 5) is 6.90. The Kier molecular flexibility index (Phi) is 5.61. The van der Waals surface area contributed by atoms with E-state index in [-0.39, 0.29) is 6.61 Å². The van der Waals surface area contributed by atoms with Crippen molar-refractivity contribution in [3.63, 3.8) is 0 Å². The highest BCUT2D eigenvalue weighted by atomic mass is 127. The normalized spacial score (nSPS) is 16.0. The maximum absolute atomic E-state index is 8.75. The van der Waals surface area contributed by atoms with Gasteiger partial charge in [-0.2, -0.15) is 0 Å². The van der Waals surface area contributed by atoms with E-state index in [1.807, 2.05) is 0 Å². The molecule has 0 aliphatic carbocycles. The number of pyridine rings is 1. The van der Waals surface area contributed by atoms with Gasteiger partial charge in [0.15, 0.2) is 0 Å². The number of nitrogens with zero attached hydrogens (tertiary/aromatic N) is 2. The predicted molar refractivity (Wildman–Crippen MR) is 78.8 cm³/mol. The van der Waals surface area contributed by atoms with Crippen molar-refractivity contribution < 1.29 is 9.84 Å². The first-order valence-electron chi connectivity index (χ1n) is 6.10. The third-order valence-corrected chi connectivity index (χ3v) is 3.38. The zero-order valence-corrected chi connectivity index (χ0v) is 12.4. The largest absolute Gasteiger partial charge is 0.395 e. The number of ether oxygens (including phenoxy) is 1. The highest BCUT2D eigenvalue weighted by molar-refractivity contribution is 14.1. The lowest BCUT2D eigenvalue weighted by molar-refractivity contribution is 0.122. The minimum atomic E-state index is 0.153. The molecule has 6 heteroatoms.